The quantitative estimate of drug-likeness (QED) is 0.548. The second kappa shape index (κ2) is 3.93. The molecule has 7 bridgehead atoms. The molecule has 0 amide bonds. The molecule has 3 aliphatic heterocycles. The zero-order chi connectivity index (χ0) is 16.5. The first kappa shape index (κ1) is 14.3. The van der Waals surface area contributed by atoms with E-state index in [1.54, 1.807) is 0 Å². The molecule has 0 aromatic heterocycles. The number of aliphatic hydroxyl groups is 1. The highest BCUT2D eigenvalue weighted by molar-refractivity contribution is 5.78. The maximum atomic E-state index is 12.7. The van der Waals surface area contributed by atoms with Crippen molar-refractivity contribution in [2.75, 3.05) is 0 Å². The molecule has 5 saturated carbocycles. The minimum absolute atomic E-state index is 0.0119. The highest BCUT2D eigenvalue weighted by Crippen LogP contribution is 2.77. The Kier molecular flexibility index (Phi) is 2.35. The van der Waals surface area contributed by atoms with Gasteiger partial charge in [0.2, 0.25) is 6.29 Å². The van der Waals surface area contributed by atoms with Gasteiger partial charge in [0, 0.05) is 10.8 Å². The Morgan fingerprint density at radius 2 is 2.00 bits per heavy atom. The molecule has 4 unspecified atom stereocenters. The van der Waals surface area contributed by atoms with Crippen LogP contribution >= 0.6 is 0 Å². The van der Waals surface area contributed by atoms with Crippen LogP contribution in [0.2, 0.25) is 0 Å². The molecule has 4 nitrogen and oxygen atoms in total. The number of hydrogen-bond acceptors (Lipinski definition) is 4. The molecular weight excluding hydrogens is 304 g/mol. The molecule has 0 radical (unpaired) electrons. The largest absolute Gasteiger partial charge is 0.435 e. The van der Waals surface area contributed by atoms with E-state index in [1.165, 1.54) is 0 Å². The lowest BCUT2D eigenvalue weighted by Crippen LogP contribution is -2.80. The minimum atomic E-state index is -0.443. The molecule has 8 fully saturated rings. The van der Waals surface area contributed by atoms with Crippen molar-refractivity contribution < 1.29 is 19.4 Å². The molecular formula is C20H26O4. The highest BCUT2D eigenvalue weighted by atomic mass is 16.7. The van der Waals surface area contributed by atoms with Crippen LogP contribution in [0.25, 0.3) is 0 Å². The fourth-order valence-electron chi connectivity index (χ4n) is 8.29. The zero-order valence-corrected chi connectivity index (χ0v) is 14.3. The first-order valence-electron chi connectivity index (χ1n) is 9.68. The van der Waals surface area contributed by atoms with Gasteiger partial charge in [-0.15, -0.1) is 0 Å². The van der Waals surface area contributed by atoms with E-state index in [1.807, 2.05) is 0 Å². The Bertz CT molecular complexity index is 673. The van der Waals surface area contributed by atoms with Crippen LogP contribution in [-0.2, 0) is 14.3 Å². The van der Waals surface area contributed by atoms with Crippen LogP contribution in [-0.4, -0.2) is 29.6 Å². The number of aliphatic hydroxyl groups excluding tert-OH is 1. The number of esters is 1. The molecule has 1 N–H and O–H groups in total. The summed E-state index contributed by atoms with van der Waals surface area (Å²) in [6, 6.07) is 0. The van der Waals surface area contributed by atoms with E-state index in [-0.39, 0.29) is 34.6 Å². The van der Waals surface area contributed by atoms with Gasteiger partial charge in [-0.3, -0.25) is 4.79 Å². The third-order valence-corrected chi connectivity index (χ3v) is 9.31. The van der Waals surface area contributed by atoms with Crippen molar-refractivity contribution in [2.24, 2.45) is 34.0 Å². The molecule has 130 valence electrons. The van der Waals surface area contributed by atoms with Crippen molar-refractivity contribution in [1.82, 2.24) is 0 Å². The van der Waals surface area contributed by atoms with Gasteiger partial charge in [0.05, 0.1) is 17.6 Å². The molecule has 4 heteroatoms. The highest BCUT2D eigenvalue weighted by Gasteiger charge is 2.80. The number of ether oxygens (including phenoxy) is 2. The van der Waals surface area contributed by atoms with E-state index in [2.05, 4.69) is 13.5 Å². The number of rotatable bonds is 0. The van der Waals surface area contributed by atoms with Crippen molar-refractivity contribution >= 4 is 5.97 Å². The summed E-state index contributed by atoms with van der Waals surface area (Å²) in [6.45, 7) is 6.36. The molecule has 9 atom stereocenters. The van der Waals surface area contributed by atoms with Crippen LogP contribution in [0.4, 0.5) is 0 Å². The Morgan fingerprint density at radius 3 is 2.83 bits per heavy atom. The maximum absolute atomic E-state index is 12.7. The van der Waals surface area contributed by atoms with E-state index in [9.17, 15) is 9.90 Å². The van der Waals surface area contributed by atoms with Gasteiger partial charge in [0.15, 0.2) is 0 Å². The lowest BCUT2D eigenvalue weighted by Gasteiger charge is -2.77. The standard InChI is InChI=1S/C20H26O4/c1-10-11-4-7-20(15(10)21)13(8-11)19-6-3-5-18(2)12(19)9-14(20)23-17(19)24-16(18)22/h11-15,17,21H,1,3-9H2,2H3/t11?,12-,13-,14?,15?,17?,18-,19+,20-/m1/s1. The summed E-state index contributed by atoms with van der Waals surface area (Å²) in [5.41, 5.74) is 0.430. The number of carbonyl (C=O) groups is 1. The van der Waals surface area contributed by atoms with Gasteiger partial charge in [-0.2, -0.15) is 0 Å². The van der Waals surface area contributed by atoms with E-state index in [0.717, 1.165) is 50.5 Å². The van der Waals surface area contributed by atoms with Crippen molar-refractivity contribution in [3.63, 3.8) is 0 Å². The normalized spacial score (nSPS) is 63.1. The fraction of sp³-hybridized carbons (Fsp3) is 0.850. The molecule has 5 aliphatic carbocycles. The topological polar surface area (TPSA) is 55.8 Å². The van der Waals surface area contributed by atoms with E-state index in [4.69, 9.17) is 9.47 Å². The third kappa shape index (κ3) is 1.18. The monoisotopic (exact) mass is 330 g/mol. The van der Waals surface area contributed by atoms with E-state index < -0.39 is 6.10 Å². The average molecular weight is 330 g/mol. The van der Waals surface area contributed by atoms with Crippen LogP contribution < -0.4 is 0 Å². The summed E-state index contributed by atoms with van der Waals surface area (Å²) >= 11 is 0. The molecule has 3 heterocycles. The molecule has 8 rings (SSSR count). The molecule has 0 aromatic carbocycles. The number of carbonyl (C=O) groups excluding carboxylic acids is 1. The van der Waals surface area contributed by atoms with Gasteiger partial charge in [-0.05, 0) is 68.8 Å². The predicted octanol–water partition coefficient (Wildman–Crippen LogP) is 2.80. The lowest BCUT2D eigenvalue weighted by atomic mass is 9.33. The summed E-state index contributed by atoms with van der Waals surface area (Å²) in [7, 11) is 0. The lowest BCUT2D eigenvalue weighted by molar-refractivity contribution is -0.416. The average Bonchev–Trinajstić information content (AvgIpc) is 2.58. The van der Waals surface area contributed by atoms with E-state index in [0.29, 0.717) is 17.8 Å². The van der Waals surface area contributed by atoms with Crippen LogP contribution in [0.15, 0.2) is 12.2 Å². The third-order valence-electron chi connectivity index (χ3n) is 9.31. The van der Waals surface area contributed by atoms with Gasteiger partial charge >= 0.3 is 5.97 Å². The number of hydrogen-bond donors (Lipinski definition) is 1. The SMILES string of the molecule is C=C1C2CC[C@@]3(C4C[C@H]5[C@@]6(CCC[C@@]5(C)C(=O)OC6O4)[C@H]3C2)C1O. The molecule has 24 heavy (non-hydrogen) atoms. The van der Waals surface area contributed by atoms with Crippen LogP contribution in [0.3, 0.4) is 0 Å². The summed E-state index contributed by atoms with van der Waals surface area (Å²) in [6.07, 6.45) is 6.47. The Balaban J connectivity index is 1.57. The van der Waals surface area contributed by atoms with Crippen LogP contribution in [0.1, 0.15) is 51.9 Å². The fourth-order valence-corrected chi connectivity index (χ4v) is 8.29. The molecule has 2 spiro atoms. The summed E-state index contributed by atoms with van der Waals surface area (Å²) < 4.78 is 12.3. The summed E-state index contributed by atoms with van der Waals surface area (Å²) in [5, 5.41) is 11.2. The Hall–Kier alpha value is -0.870. The predicted molar refractivity (Wildman–Crippen MR) is 85.7 cm³/mol. The van der Waals surface area contributed by atoms with E-state index >= 15 is 0 Å². The van der Waals surface area contributed by atoms with Crippen LogP contribution in [0.5, 0.6) is 0 Å². The van der Waals surface area contributed by atoms with Gasteiger partial charge in [-0.25, -0.2) is 0 Å². The zero-order valence-electron chi connectivity index (χ0n) is 14.3. The second-order valence-electron chi connectivity index (χ2n) is 9.65. The molecule has 0 aromatic rings. The van der Waals surface area contributed by atoms with Gasteiger partial charge in [0.1, 0.15) is 0 Å². The summed E-state index contributed by atoms with van der Waals surface area (Å²) in [5.74, 6) is 1.16. The van der Waals surface area contributed by atoms with Gasteiger partial charge < -0.3 is 14.6 Å². The second-order valence-corrected chi connectivity index (χ2v) is 9.65. The maximum Gasteiger partial charge on any atom is 0.314 e. The van der Waals surface area contributed by atoms with Crippen molar-refractivity contribution in [1.29, 1.82) is 0 Å². The first-order valence-corrected chi connectivity index (χ1v) is 9.68. The van der Waals surface area contributed by atoms with Crippen molar-refractivity contribution in [2.45, 2.75) is 70.4 Å². The molecule has 3 saturated heterocycles. The van der Waals surface area contributed by atoms with Crippen LogP contribution in [0, 0.1) is 34.0 Å². The van der Waals surface area contributed by atoms with Gasteiger partial charge in [0.25, 0.3) is 0 Å². The Labute approximate surface area is 142 Å². The molecule has 8 aliphatic rings. The minimum Gasteiger partial charge on any atom is -0.435 e. The van der Waals surface area contributed by atoms with Crippen molar-refractivity contribution in [3.8, 4) is 0 Å². The number of fused-ring (bicyclic) bond motifs is 2. The van der Waals surface area contributed by atoms with Gasteiger partial charge in [-0.1, -0.05) is 13.0 Å². The first-order chi connectivity index (χ1) is 11.4. The Morgan fingerprint density at radius 1 is 1.17 bits per heavy atom. The summed E-state index contributed by atoms with van der Waals surface area (Å²) in [4.78, 5) is 12.7. The smallest absolute Gasteiger partial charge is 0.314 e. The van der Waals surface area contributed by atoms with Crippen molar-refractivity contribution in [3.05, 3.63) is 12.2 Å².